The van der Waals surface area contributed by atoms with Gasteiger partial charge in [0.05, 0.1) is 0 Å². The SMILES string of the molecule is Brc1ccccc1.C.Nc1ccccc1.c1ccc(Nc2ccccc2)cc1. The Bertz CT molecular complexity index is 777. The van der Waals surface area contributed by atoms with Gasteiger partial charge in [-0.2, -0.15) is 0 Å². The molecule has 4 rings (SSSR count). The van der Waals surface area contributed by atoms with Crippen LogP contribution in [0.15, 0.2) is 126 Å². The maximum atomic E-state index is 5.36. The van der Waals surface area contributed by atoms with Crippen molar-refractivity contribution >= 4 is 33.0 Å². The van der Waals surface area contributed by atoms with E-state index in [1.165, 1.54) is 0 Å². The third-order valence-electron chi connectivity index (χ3n) is 3.37. The summed E-state index contributed by atoms with van der Waals surface area (Å²) in [6, 6.07) is 39.7. The van der Waals surface area contributed by atoms with Gasteiger partial charge in [0.1, 0.15) is 0 Å². The van der Waals surface area contributed by atoms with E-state index in [0.717, 1.165) is 21.5 Å². The Morgan fingerprint density at radius 1 is 0.500 bits per heavy atom. The molecule has 0 aliphatic carbocycles. The van der Waals surface area contributed by atoms with Crippen LogP contribution in [0.3, 0.4) is 0 Å². The van der Waals surface area contributed by atoms with Gasteiger partial charge in [-0.25, -0.2) is 0 Å². The van der Waals surface area contributed by atoms with Crippen molar-refractivity contribution in [1.29, 1.82) is 0 Å². The minimum absolute atomic E-state index is 0. The molecule has 0 aromatic heterocycles. The Balaban J connectivity index is 0.000000224. The van der Waals surface area contributed by atoms with Gasteiger partial charge in [-0.05, 0) is 48.5 Å². The Morgan fingerprint density at radius 2 is 0.821 bits per heavy atom. The molecule has 0 fully saturated rings. The van der Waals surface area contributed by atoms with Crippen molar-refractivity contribution in [3.63, 3.8) is 0 Å². The number of nitrogens with one attached hydrogen (secondary N) is 1. The zero-order valence-electron chi connectivity index (χ0n) is 15.0. The molecule has 0 unspecified atom stereocenters. The quantitative estimate of drug-likeness (QED) is 0.316. The number of benzene rings is 4. The number of para-hydroxylation sites is 3. The van der Waals surface area contributed by atoms with E-state index >= 15 is 0 Å². The molecule has 0 aliphatic rings. The molecule has 0 aliphatic heterocycles. The molecule has 3 N–H and O–H groups in total. The van der Waals surface area contributed by atoms with E-state index in [2.05, 4.69) is 21.2 Å². The summed E-state index contributed by atoms with van der Waals surface area (Å²) in [6.45, 7) is 0. The van der Waals surface area contributed by atoms with Gasteiger partial charge < -0.3 is 11.1 Å². The predicted molar refractivity (Wildman–Crippen MR) is 128 cm³/mol. The van der Waals surface area contributed by atoms with Gasteiger partial charge in [0.2, 0.25) is 0 Å². The Hall–Kier alpha value is -3.04. The van der Waals surface area contributed by atoms with Crippen molar-refractivity contribution in [2.45, 2.75) is 7.43 Å². The van der Waals surface area contributed by atoms with E-state index in [1.807, 2.05) is 121 Å². The van der Waals surface area contributed by atoms with Crippen LogP contribution in [0.4, 0.5) is 17.1 Å². The van der Waals surface area contributed by atoms with Crippen molar-refractivity contribution in [2.24, 2.45) is 0 Å². The Kier molecular flexibility index (Phi) is 11.6. The van der Waals surface area contributed by atoms with Crippen LogP contribution in [-0.2, 0) is 0 Å². The first-order valence-electron chi connectivity index (χ1n) is 8.62. The molecule has 3 heteroatoms. The number of nitrogens with two attached hydrogens (primary N) is 1. The van der Waals surface area contributed by atoms with Crippen molar-refractivity contribution in [3.8, 4) is 0 Å². The van der Waals surface area contributed by atoms with Crippen molar-refractivity contribution in [2.75, 3.05) is 11.1 Å². The van der Waals surface area contributed by atoms with Gasteiger partial charge in [-0.1, -0.05) is 96.2 Å². The van der Waals surface area contributed by atoms with E-state index in [1.54, 1.807) is 0 Å². The Morgan fingerprint density at radius 3 is 1.07 bits per heavy atom. The number of halogens is 1. The van der Waals surface area contributed by atoms with E-state index in [4.69, 9.17) is 5.73 Å². The monoisotopic (exact) mass is 434 g/mol. The minimum atomic E-state index is 0. The van der Waals surface area contributed by atoms with E-state index < -0.39 is 0 Å². The zero-order valence-corrected chi connectivity index (χ0v) is 16.6. The van der Waals surface area contributed by atoms with Gasteiger partial charge >= 0.3 is 0 Å². The van der Waals surface area contributed by atoms with E-state index in [9.17, 15) is 0 Å². The predicted octanol–water partition coefficient (Wildman–Crippen LogP) is 7.78. The van der Waals surface area contributed by atoms with Crippen LogP contribution in [0.25, 0.3) is 0 Å². The highest BCUT2D eigenvalue weighted by Crippen LogP contribution is 2.14. The molecule has 0 atom stereocenters. The van der Waals surface area contributed by atoms with Crippen LogP contribution in [0.1, 0.15) is 7.43 Å². The van der Waals surface area contributed by atoms with Crippen LogP contribution >= 0.6 is 15.9 Å². The summed E-state index contributed by atoms with van der Waals surface area (Å²) in [6.07, 6.45) is 0. The van der Waals surface area contributed by atoms with Gasteiger partial charge in [-0.3, -0.25) is 0 Å². The highest BCUT2D eigenvalue weighted by atomic mass is 79.9. The van der Waals surface area contributed by atoms with Crippen LogP contribution in [0.5, 0.6) is 0 Å². The maximum absolute atomic E-state index is 5.36. The third kappa shape index (κ3) is 10.2. The smallest absolute Gasteiger partial charge is 0.0384 e. The van der Waals surface area contributed by atoms with Crippen LogP contribution < -0.4 is 11.1 Å². The molecule has 2 nitrogen and oxygen atoms in total. The highest BCUT2D eigenvalue weighted by Gasteiger charge is 1.89. The van der Waals surface area contributed by atoms with Gasteiger partial charge in [0, 0.05) is 21.5 Å². The van der Waals surface area contributed by atoms with Crippen molar-refractivity contribution in [1.82, 2.24) is 0 Å². The van der Waals surface area contributed by atoms with Crippen molar-refractivity contribution in [3.05, 3.63) is 126 Å². The molecule has 0 saturated heterocycles. The average molecular weight is 435 g/mol. The van der Waals surface area contributed by atoms with Crippen LogP contribution in [-0.4, -0.2) is 0 Å². The van der Waals surface area contributed by atoms with Crippen molar-refractivity contribution < 1.29 is 0 Å². The topological polar surface area (TPSA) is 38.0 Å². The molecule has 4 aromatic carbocycles. The Labute approximate surface area is 177 Å². The lowest BCUT2D eigenvalue weighted by Gasteiger charge is -2.04. The number of hydrogen-bond donors (Lipinski definition) is 2. The highest BCUT2D eigenvalue weighted by molar-refractivity contribution is 9.10. The molecule has 0 spiro atoms. The summed E-state index contributed by atoms with van der Waals surface area (Å²) in [5, 5.41) is 3.30. The molecule has 0 saturated carbocycles. The van der Waals surface area contributed by atoms with Crippen LogP contribution in [0.2, 0.25) is 0 Å². The van der Waals surface area contributed by atoms with Gasteiger partial charge in [0.15, 0.2) is 0 Å². The first-order valence-corrected chi connectivity index (χ1v) is 9.41. The molecule has 0 radical (unpaired) electrons. The number of nitrogen functional groups attached to an aromatic ring is 1. The standard InChI is InChI=1S/C12H11N.C6H5Br.C6H7N.CH4/c1-3-7-11(8-4-1)13-12-9-5-2-6-10-12;2*7-6-4-2-1-3-5-6;/h1-10,13H;1-5H;1-5H,7H2;1H4. The second-order valence-electron chi connectivity index (χ2n) is 5.56. The second kappa shape index (κ2) is 14.1. The molecular weight excluding hydrogens is 408 g/mol. The lowest BCUT2D eigenvalue weighted by Crippen LogP contribution is -1.87. The first-order chi connectivity index (χ1) is 13.2. The molecule has 4 aromatic rings. The maximum Gasteiger partial charge on any atom is 0.0384 e. The number of hydrogen-bond acceptors (Lipinski definition) is 2. The summed E-state index contributed by atoms with van der Waals surface area (Å²) in [4.78, 5) is 0. The lowest BCUT2D eigenvalue weighted by molar-refractivity contribution is 1.55. The summed E-state index contributed by atoms with van der Waals surface area (Å²) in [7, 11) is 0. The summed E-state index contributed by atoms with van der Waals surface area (Å²) < 4.78 is 1.13. The molecule has 0 amide bonds. The van der Waals surface area contributed by atoms with E-state index in [-0.39, 0.29) is 7.43 Å². The largest absolute Gasteiger partial charge is 0.399 e. The van der Waals surface area contributed by atoms with Crippen LogP contribution in [0, 0.1) is 0 Å². The summed E-state index contributed by atoms with van der Waals surface area (Å²) in [5.41, 5.74) is 8.42. The zero-order chi connectivity index (χ0) is 19.2. The fourth-order valence-electron chi connectivity index (χ4n) is 2.08. The first kappa shape index (κ1) is 23.0. The second-order valence-corrected chi connectivity index (χ2v) is 6.48. The van der Waals surface area contributed by atoms with E-state index in [0.29, 0.717) is 0 Å². The summed E-state index contributed by atoms with van der Waals surface area (Å²) in [5.74, 6) is 0. The van der Waals surface area contributed by atoms with Gasteiger partial charge in [0.25, 0.3) is 0 Å². The summed E-state index contributed by atoms with van der Waals surface area (Å²) >= 11 is 3.31. The number of rotatable bonds is 2. The fraction of sp³-hybridized carbons (Fsp3) is 0.0400. The molecule has 0 bridgehead atoms. The normalized spacial score (nSPS) is 8.75. The average Bonchev–Trinajstić information content (AvgIpc) is 2.72. The fourth-order valence-corrected chi connectivity index (χ4v) is 2.38. The number of anilines is 3. The third-order valence-corrected chi connectivity index (χ3v) is 3.90. The minimum Gasteiger partial charge on any atom is -0.399 e. The molecule has 28 heavy (non-hydrogen) atoms. The molecule has 0 heterocycles. The molecule has 144 valence electrons. The lowest BCUT2D eigenvalue weighted by atomic mass is 10.3. The molecular formula is C25H27BrN2. The van der Waals surface area contributed by atoms with Gasteiger partial charge in [-0.15, -0.1) is 0 Å².